The summed E-state index contributed by atoms with van der Waals surface area (Å²) >= 11 is 0. The van der Waals surface area contributed by atoms with Crippen LogP contribution in [0.5, 0.6) is 0 Å². The van der Waals surface area contributed by atoms with Gasteiger partial charge in [-0.1, -0.05) is 6.92 Å². The zero-order chi connectivity index (χ0) is 9.56. The summed E-state index contributed by atoms with van der Waals surface area (Å²) < 4.78 is 8.95. The van der Waals surface area contributed by atoms with Crippen LogP contribution < -0.4 is 0 Å². The van der Waals surface area contributed by atoms with E-state index in [1.807, 2.05) is 0 Å². The van der Waals surface area contributed by atoms with Gasteiger partial charge in [-0.15, -0.1) is 0 Å². The predicted octanol–water partition coefficient (Wildman–Crippen LogP) is 0.669. The van der Waals surface area contributed by atoms with Crippen molar-refractivity contribution >= 4 is 11.8 Å². The van der Waals surface area contributed by atoms with Gasteiger partial charge in [-0.2, -0.15) is 0 Å². The Hall–Kier alpha value is -1.32. The Bertz CT molecular complexity index is 187. The summed E-state index contributed by atoms with van der Waals surface area (Å²) in [6.07, 6.45) is 1.35. The molecule has 0 heterocycles. The highest BCUT2D eigenvalue weighted by Gasteiger charge is 2.17. The number of esters is 1. The van der Waals surface area contributed by atoms with Gasteiger partial charge in [-0.05, 0) is 0 Å². The van der Waals surface area contributed by atoms with Crippen LogP contribution in [0.4, 0.5) is 0 Å². The van der Waals surface area contributed by atoms with Gasteiger partial charge in [0.25, 0.3) is 0 Å². The van der Waals surface area contributed by atoms with Gasteiger partial charge in [-0.25, -0.2) is 4.79 Å². The highest BCUT2D eigenvalue weighted by atomic mass is 16.5. The summed E-state index contributed by atoms with van der Waals surface area (Å²) in [6, 6.07) is 0. The van der Waals surface area contributed by atoms with Crippen LogP contribution >= 0.6 is 0 Å². The minimum atomic E-state index is -0.663. The van der Waals surface area contributed by atoms with Crippen LogP contribution in [-0.2, 0) is 19.1 Å². The molecular weight excluding hydrogens is 160 g/mol. The lowest BCUT2D eigenvalue weighted by molar-refractivity contribution is -0.138. The topological polar surface area (TPSA) is 52.6 Å². The molecule has 0 saturated carbocycles. The highest BCUT2D eigenvalue weighted by Crippen LogP contribution is 2.02. The van der Waals surface area contributed by atoms with Gasteiger partial charge in [0.2, 0.25) is 0 Å². The summed E-state index contributed by atoms with van der Waals surface area (Å²) in [5, 5.41) is 0. The average molecular weight is 172 g/mol. The maximum absolute atomic E-state index is 11.1. The largest absolute Gasteiger partial charge is 0.503 e. The zero-order valence-corrected chi connectivity index (χ0v) is 7.42. The highest BCUT2D eigenvalue weighted by molar-refractivity contribution is 6.16. The van der Waals surface area contributed by atoms with Crippen LogP contribution in [-0.4, -0.2) is 26.0 Å². The molecule has 0 spiro atoms. The van der Waals surface area contributed by atoms with Gasteiger partial charge in [0, 0.05) is 6.42 Å². The Balaban J connectivity index is 4.55. The molecule has 4 heteroatoms. The SMILES string of the molecule is CCC(=O)/C(=C\OC)C(=O)OC. The molecule has 0 bridgehead atoms. The predicted molar refractivity (Wildman–Crippen MR) is 42.4 cm³/mol. The lowest BCUT2D eigenvalue weighted by atomic mass is 10.1. The maximum atomic E-state index is 11.1. The summed E-state index contributed by atoms with van der Waals surface area (Å²) in [7, 11) is 2.58. The van der Waals surface area contributed by atoms with E-state index in [2.05, 4.69) is 9.47 Å². The van der Waals surface area contributed by atoms with E-state index in [1.54, 1.807) is 6.92 Å². The van der Waals surface area contributed by atoms with Gasteiger partial charge in [0.05, 0.1) is 14.2 Å². The van der Waals surface area contributed by atoms with Crippen LogP contribution in [0.1, 0.15) is 13.3 Å². The number of Topliss-reactive ketones (excluding diaryl/α,β-unsaturated/α-hetero) is 1. The number of hydrogen-bond acceptors (Lipinski definition) is 4. The van der Waals surface area contributed by atoms with Crippen LogP contribution in [0.25, 0.3) is 0 Å². The number of carbonyl (C=O) groups is 2. The standard InChI is InChI=1S/C8H12O4/c1-4-7(9)6(5-11-2)8(10)12-3/h5H,4H2,1-3H3/b6-5+. The molecule has 68 valence electrons. The number of ketones is 1. The van der Waals surface area contributed by atoms with Crippen molar-refractivity contribution in [3.8, 4) is 0 Å². The lowest BCUT2D eigenvalue weighted by Gasteiger charge is -2.01. The van der Waals surface area contributed by atoms with E-state index in [4.69, 9.17) is 0 Å². The van der Waals surface area contributed by atoms with E-state index in [1.165, 1.54) is 14.2 Å². The molecule has 0 rings (SSSR count). The van der Waals surface area contributed by atoms with E-state index >= 15 is 0 Å². The number of hydrogen-bond donors (Lipinski definition) is 0. The molecule has 0 unspecified atom stereocenters. The number of ether oxygens (including phenoxy) is 2. The van der Waals surface area contributed by atoms with E-state index in [0.717, 1.165) is 6.26 Å². The van der Waals surface area contributed by atoms with E-state index in [0.29, 0.717) is 0 Å². The molecule has 0 aromatic carbocycles. The van der Waals surface area contributed by atoms with Crippen molar-refractivity contribution < 1.29 is 19.1 Å². The Morgan fingerprint density at radius 3 is 2.25 bits per heavy atom. The molecule has 0 radical (unpaired) electrons. The number of methoxy groups -OCH3 is 2. The first kappa shape index (κ1) is 10.7. The second-order valence-electron chi connectivity index (χ2n) is 2.04. The molecule has 0 saturated heterocycles. The minimum Gasteiger partial charge on any atom is -0.503 e. The van der Waals surface area contributed by atoms with E-state index in [-0.39, 0.29) is 17.8 Å². The Labute approximate surface area is 71.2 Å². The van der Waals surface area contributed by atoms with Crippen molar-refractivity contribution in [2.45, 2.75) is 13.3 Å². The smallest absolute Gasteiger partial charge is 0.344 e. The van der Waals surface area contributed by atoms with Crippen LogP contribution in [0.15, 0.2) is 11.8 Å². The molecule has 0 aliphatic carbocycles. The normalized spacial score (nSPS) is 10.8. The van der Waals surface area contributed by atoms with Crippen LogP contribution in [0.3, 0.4) is 0 Å². The molecule has 0 aliphatic heterocycles. The average Bonchev–Trinajstić information content (AvgIpc) is 2.11. The van der Waals surface area contributed by atoms with Crippen LogP contribution in [0, 0.1) is 0 Å². The third-order valence-electron chi connectivity index (χ3n) is 1.26. The third kappa shape index (κ3) is 2.74. The van der Waals surface area contributed by atoms with E-state index < -0.39 is 5.97 Å². The second kappa shape index (κ2) is 5.35. The quantitative estimate of drug-likeness (QED) is 0.205. The first-order valence-corrected chi connectivity index (χ1v) is 3.51. The maximum Gasteiger partial charge on any atom is 0.344 e. The van der Waals surface area contributed by atoms with Crippen molar-refractivity contribution in [3.05, 3.63) is 11.8 Å². The lowest BCUT2D eigenvalue weighted by Crippen LogP contribution is -2.13. The molecular formula is C8H12O4. The van der Waals surface area contributed by atoms with Crippen LogP contribution in [0.2, 0.25) is 0 Å². The molecule has 0 amide bonds. The second-order valence-corrected chi connectivity index (χ2v) is 2.04. The minimum absolute atomic E-state index is 0.0532. The Morgan fingerprint density at radius 2 is 1.92 bits per heavy atom. The summed E-state index contributed by atoms with van der Waals surface area (Å²) in [4.78, 5) is 22.0. The first-order valence-electron chi connectivity index (χ1n) is 3.51. The van der Waals surface area contributed by atoms with Gasteiger partial charge >= 0.3 is 5.97 Å². The Morgan fingerprint density at radius 1 is 1.33 bits per heavy atom. The van der Waals surface area contributed by atoms with Crippen molar-refractivity contribution in [1.29, 1.82) is 0 Å². The summed E-state index contributed by atoms with van der Waals surface area (Å²) in [6.45, 7) is 1.66. The first-order chi connectivity index (χ1) is 5.67. The molecule has 0 aromatic rings. The molecule has 12 heavy (non-hydrogen) atoms. The van der Waals surface area contributed by atoms with Gasteiger partial charge in [0.15, 0.2) is 5.78 Å². The summed E-state index contributed by atoms with van der Waals surface area (Å²) in [5.74, 6) is -0.951. The van der Waals surface area contributed by atoms with Gasteiger partial charge in [0.1, 0.15) is 11.8 Å². The van der Waals surface area contributed by atoms with Gasteiger partial charge in [-0.3, -0.25) is 4.79 Å². The van der Waals surface area contributed by atoms with Gasteiger partial charge < -0.3 is 9.47 Å². The fraction of sp³-hybridized carbons (Fsp3) is 0.500. The molecule has 4 nitrogen and oxygen atoms in total. The zero-order valence-electron chi connectivity index (χ0n) is 7.42. The monoisotopic (exact) mass is 172 g/mol. The number of rotatable bonds is 4. The number of carbonyl (C=O) groups excluding carboxylic acids is 2. The fourth-order valence-electron chi connectivity index (χ4n) is 0.646. The summed E-state index contributed by atoms with van der Waals surface area (Å²) in [5.41, 5.74) is -0.0532. The molecule has 0 atom stereocenters. The van der Waals surface area contributed by atoms with Crippen molar-refractivity contribution in [1.82, 2.24) is 0 Å². The molecule has 0 N–H and O–H groups in total. The van der Waals surface area contributed by atoms with E-state index in [9.17, 15) is 9.59 Å². The fourth-order valence-corrected chi connectivity index (χ4v) is 0.646. The molecule has 0 fully saturated rings. The van der Waals surface area contributed by atoms with Crippen molar-refractivity contribution in [2.24, 2.45) is 0 Å². The Kier molecular flexibility index (Phi) is 4.76. The molecule has 0 aliphatic rings. The third-order valence-corrected chi connectivity index (χ3v) is 1.26. The molecule has 0 aromatic heterocycles. The van der Waals surface area contributed by atoms with Crippen molar-refractivity contribution in [3.63, 3.8) is 0 Å². The van der Waals surface area contributed by atoms with Crippen molar-refractivity contribution in [2.75, 3.05) is 14.2 Å².